The van der Waals surface area contributed by atoms with E-state index in [0.717, 1.165) is 18.5 Å². The van der Waals surface area contributed by atoms with Gasteiger partial charge in [0.1, 0.15) is 0 Å². The number of piperidine rings is 1. The van der Waals surface area contributed by atoms with Crippen molar-refractivity contribution in [2.24, 2.45) is 11.7 Å². The second-order valence-electron chi connectivity index (χ2n) is 5.04. The highest BCUT2D eigenvalue weighted by atomic mass is 32.1. The number of carbonyl (C=O) groups excluding carboxylic acids is 1. The number of hydrogen-bond acceptors (Lipinski definition) is 4. The van der Waals surface area contributed by atoms with E-state index < -0.39 is 6.04 Å². The summed E-state index contributed by atoms with van der Waals surface area (Å²) in [5, 5.41) is 1.92. The van der Waals surface area contributed by atoms with Crippen LogP contribution in [0.4, 0.5) is 4.39 Å². The van der Waals surface area contributed by atoms with Gasteiger partial charge in [0.2, 0.25) is 5.91 Å². The third-order valence-electron chi connectivity index (χ3n) is 3.67. The van der Waals surface area contributed by atoms with Gasteiger partial charge in [-0.3, -0.25) is 9.18 Å². The molecule has 1 atom stereocenters. The van der Waals surface area contributed by atoms with E-state index in [0.29, 0.717) is 31.8 Å². The Morgan fingerprint density at radius 3 is 2.89 bits per heavy atom. The average molecular weight is 285 g/mol. The molecule has 0 unspecified atom stereocenters. The number of alkyl halides is 1. The molecule has 6 heteroatoms. The van der Waals surface area contributed by atoms with Gasteiger partial charge in [-0.05, 0) is 25.2 Å². The molecule has 2 rings (SSSR count). The molecule has 1 aromatic heterocycles. The molecule has 1 aliphatic heterocycles. The fourth-order valence-electron chi connectivity index (χ4n) is 2.48. The lowest BCUT2D eigenvalue weighted by Gasteiger charge is -2.33. The van der Waals surface area contributed by atoms with Crippen molar-refractivity contribution in [2.75, 3.05) is 19.8 Å². The summed E-state index contributed by atoms with van der Waals surface area (Å²) in [6, 6.07) is -0.514. The summed E-state index contributed by atoms with van der Waals surface area (Å²) < 4.78 is 12.3. The fraction of sp³-hybridized carbons (Fsp3) is 0.692. The first-order valence-electron chi connectivity index (χ1n) is 6.68. The Balaban J connectivity index is 1.80. The first-order valence-corrected chi connectivity index (χ1v) is 7.62. The lowest BCUT2D eigenvalue weighted by atomic mass is 9.93. The van der Waals surface area contributed by atoms with Gasteiger partial charge in [-0.15, -0.1) is 11.3 Å². The molecule has 2 heterocycles. The van der Waals surface area contributed by atoms with Gasteiger partial charge >= 0.3 is 0 Å². The molecule has 106 valence electrons. The summed E-state index contributed by atoms with van der Waals surface area (Å²) in [5.74, 6) is 0.413. The predicted molar refractivity (Wildman–Crippen MR) is 73.7 cm³/mol. The monoisotopic (exact) mass is 285 g/mol. The summed E-state index contributed by atoms with van der Waals surface area (Å²) in [4.78, 5) is 18.1. The van der Waals surface area contributed by atoms with Crippen LogP contribution in [0.5, 0.6) is 0 Å². The molecular formula is C13H20FN3OS. The smallest absolute Gasteiger partial charge is 0.239 e. The number of amides is 1. The van der Waals surface area contributed by atoms with E-state index in [4.69, 9.17) is 5.73 Å². The van der Waals surface area contributed by atoms with Crippen molar-refractivity contribution in [1.82, 2.24) is 9.88 Å². The molecule has 1 fully saturated rings. The second kappa shape index (κ2) is 6.96. The van der Waals surface area contributed by atoms with Gasteiger partial charge in [0.25, 0.3) is 0 Å². The molecule has 1 amide bonds. The van der Waals surface area contributed by atoms with Crippen molar-refractivity contribution < 1.29 is 9.18 Å². The van der Waals surface area contributed by atoms with E-state index >= 15 is 0 Å². The van der Waals surface area contributed by atoms with Crippen LogP contribution >= 0.6 is 11.3 Å². The number of carbonyl (C=O) groups is 1. The van der Waals surface area contributed by atoms with Gasteiger partial charge in [0, 0.05) is 24.9 Å². The van der Waals surface area contributed by atoms with Gasteiger partial charge < -0.3 is 10.6 Å². The van der Waals surface area contributed by atoms with E-state index in [9.17, 15) is 9.18 Å². The molecule has 1 aromatic rings. The first kappa shape index (κ1) is 14.4. The normalized spacial score (nSPS) is 18.5. The fourth-order valence-corrected chi connectivity index (χ4v) is 3.05. The zero-order chi connectivity index (χ0) is 13.7. The highest BCUT2D eigenvalue weighted by molar-refractivity contribution is 7.07. The zero-order valence-corrected chi connectivity index (χ0v) is 11.7. The lowest BCUT2D eigenvalue weighted by molar-refractivity contribution is -0.134. The number of halogens is 1. The third-order valence-corrected chi connectivity index (χ3v) is 4.31. The maximum atomic E-state index is 12.3. The van der Waals surface area contributed by atoms with Crippen molar-refractivity contribution in [3.05, 3.63) is 16.6 Å². The summed E-state index contributed by atoms with van der Waals surface area (Å²) >= 11 is 1.51. The van der Waals surface area contributed by atoms with Crippen LogP contribution in [0.1, 0.15) is 25.0 Å². The molecule has 1 saturated heterocycles. The third kappa shape index (κ3) is 3.98. The highest BCUT2D eigenvalue weighted by Gasteiger charge is 2.26. The quantitative estimate of drug-likeness (QED) is 0.894. The van der Waals surface area contributed by atoms with Crippen molar-refractivity contribution in [1.29, 1.82) is 0 Å². The van der Waals surface area contributed by atoms with Crippen molar-refractivity contribution in [3.63, 3.8) is 0 Å². The molecule has 4 nitrogen and oxygen atoms in total. The molecule has 0 saturated carbocycles. The minimum atomic E-state index is -0.514. The maximum absolute atomic E-state index is 12.3. The molecule has 0 bridgehead atoms. The molecule has 0 radical (unpaired) electrons. The molecule has 0 aliphatic carbocycles. The number of rotatable bonds is 5. The van der Waals surface area contributed by atoms with Crippen LogP contribution < -0.4 is 5.73 Å². The van der Waals surface area contributed by atoms with Gasteiger partial charge in [-0.2, -0.15) is 0 Å². The van der Waals surface area contributed by atoms with Crippen LogP contribution in [0.3, 0.4) is 0 Å². The van der Waals surface area contributed by atoms with Gasteiger partial charge in [-0.25, -0.2) is 4.98 Å². The summed E-state index contributed by atoms with van der Waals surface area (Å²) in [6.07, 6.45) is 2.89. The number of nitrogens with zero attached hydrogens (tertiary/aromatic N) is 2. The topological polar surface area (TPSA) is 59.2 Å². The number of thiazole rings is 1. The van der Waals surface area contributed by atoms with Crippen LogP contribution in [-0.4, -0.2) is 41.6 Å². The van der Waals surface area contributed by atoms with E-state index in [1.165, 1.54) is 11.3 Å². The Kier molecular flexibility index (Phi) is 5.27. The molecule has 2 N–H and O–H groups in total. The molecular weight excluding hydrogens is 265 g/mol. The lowest BCUT2D eigenvalue weighted by Crippen LogP contribution is -2.48. The standard InChI is InChI=1S/C13H20FN3OS/c14-4-1-10-2-5-17(6-3-10)13(18)12(15)7-11-8-19-9-16-11/h8-10,12H,1-7,15H2/t12-/m0/s1. The first-order chi connectivity index (χ1) is 9.20. The molecule has 1 aliphatic rings. The van der Waals surface area contributed by atoms with Gasteiger partial charge in [0.15, 0.2) is 0 Å². The number of nitrogens with two attached hydrogens (primary N) is 1. The summed E-state index contributed by atoms with van der Waals surface area (Å²) in [6.45, 7) is 1.14. The van der Waals surface area contributed by atoms with Crippen molar-refractivity contribution in [3.8, 4) is 0 Å². The van der Waals surface area contributed by atoms with Gasteiger partial charge in [0.05, 0.1) is 23.9 Å². The molecule has 19 heavy (non-hydrogen) atoms. The Labute approximate surface area is 116 Å². The van der Waals surface area contributed by atoms with Crippen molar-refractivity contribution >= 4 is 17.2 Å². The van der Waals surface area contributed by atoms with Crippen LogP contribution in [0.15, 0.2) is 10.9 Å². The van der Waals surface area contributed by atoms with E-state index in [-0.39, 0.29) is 12.6 Å². The Morgan fingerprint density at radius 2 is 2.32 bits per heavy atom. The van der Waals surface area contributed by atoms with Crippen LogP contribution in [0.25, 0.3) is 0 Å². The van der Waals surface area contributed by atoms with Crippen molar-refractivity contribution in [2.45, 2.75) is 31.7 Å². The van der Waals surface area contributed by atoms with E-state index in [1.54, 1.807) is 5.51 Å². The largest absolute Gasteiger partial charge is 0.341 e. The number of likely N-dealkylation sites (tertiary alicyclic amines) is 1. The molecule has 0 spiro atoms. The second-order valence-corrected chi connectivity index (χ2v) is 5.76. The van der Waals surface area contributed by atoms with Gasteiger partial charge in [-0.1, -0.05) is 0 Å². The Bertz CT molecular complexity index is 391. The van der Waals surface area contributed by atoms with Crippen LogP contribution in [-0.2, 0) is 11.2 Å². The molecule has 0 aromatic carbocycles. The minimum Gasteiger partial charge on any atom is -0.341 e. The average Bonchev–Trinajstić information content (AvgIpc) is 2.92. The Morgan fingerprint density at radius 1 is 1.58 bits per heavy atom. The van der Waals surface area contributed by atoms with Crippen LogP contribution in [0.2, 0.25) is 0 Å². The predicted octanol–water partition coefficient (Wildman–Crippen LogP) is 1.61. The number of hydrogen-bond donors (Lipinski definition) is 1. The highest BCUT2D eigenvalue weighted by Crippen LogP contribution is 2.21. The zero-order valence-electron chi connectivity index (χ0n) is 10.9. The van der Waals surface area contributed by atoms with E-state index in [2.05, 4.69) is 4.98 Å². The Hall–Kier alpha value is -1.01. The maximum Gasteiger partial charge on any atom is 0.239 e. The summed E-state index contributed by atoms with van der Waals surface area (Å²) in [5.41, 5.74) is 8.56. The van der Waals surface area contributed by atoms with Crippen LogP contribution in [0, 0.1) is 5.92 Å². The summed E-state index contributed by atoms with van der Waals surface area (Å²) in [7, 11) is 0. The minimum absolute atomic E-state index is 0.00769. The number of aromatic nitrogens is 1. The van der Waals surface area contributed by atoms with E-state index in [1.807, 2.05) is 10.3 Å². The SMILES string of the molecule is N[C@@H](Cc1cscn1)C(=O)N1CCC(CCF)CC1.